The van der Waals surface area contributed by atoms with Crippen molar-refractivity contribution in [2.75, 3.05) is 5.32 Å². The van der Waals surface area contributed by atoms with Crippen molar-refractivity contribution in [1.29, 1.82) is 0 Å². The van der Waals surface area contributed by atoms with E-state index in [9.17, 15) is 9.59 Å². The SMILES string of the molecule is O=C(Nc1ccc(OC(=O)c2cccs2)cc1)c1cccs1. The van der Waals surface area contributed by atoms with Gasteiger partial charge < -0.3 is 10.1 Å². The maximum Gasteiger partial charge on any atom is 0.353 e. The minimum absolute atomic E-state index is 0.154. The molecule has 0 saturated carbocycles. The summed E-state index contributed by atoms with van der Waals surface area (Å²) in [6.07, 6.45) is 0. The number of hydrogen-bond donors (Lipinski definition) is 1. The number of carbonyl (C=O) groups is 2. The lowest BCUT2D eigenvalue weighted by Gasteiger charge is -2.06. The average molecular weight is 329 g/mol. The van der Waals surface area contributed by atoms with Crippen LogP contribution in [0.25, 0.3) is 0 Å². The molecule has 0 saturated heterocycles. The van der Waals surface area contributed by atoms with E-state index in [0.29, 0.717) is 21.2 Å². The molecule has 0 bridgehead atoms. The van der Waals surface area contributed by atoms with Crippen molar-refractivity contribution in [2.24, 2.45) is 0 Å². The Morgan fingerprint density at radius 1 is 0.864 bits per heavy atom. The number of esters is 1. The van der Waals surface area contributed by atoms with E-state index < -0.39 is 0 Å². The van der Waals surface area contributed by atoms with E-state index in [1.165, 1.54) is 22.7 Å². The summed E-state index contributed by atoms with van der Waals surface area (Å²) in [6.45, 7) is 0. The maximum atomic E-state index is 11.9. The molecule has 2 heterocycles. The second-order valence-electron chi connectivity index (χ2n) is 4.32. The topological polar surface area (TPSA) is 55.4 Å². The molecule has 110 valence electrons. The molecule has 0 fully saturated rings. The zero-order chi connectivity index (χ0) is 15.4. The lowest BCUT2D eigenvalue weighted by atomic mass is 10.3. The molecule has 3 aromatic rings. The van der Waals surface area contributed by atoms with E-state index in [4.69, 9.17) is 4.74 Å². The quantitative estimate of drug-likeness (QED) is 0.574. The van der Waals surface area contributed by atoms with E-state index in [-0.39, 0.29) is 11.9 Å². The van der Waals surface area contributed by atoms with Gasteiger partial charge in [-0.2, -0.15) is 0 Å². The summed E-state index contributed by atoms with van der Waals surface area (Å²) in [4.78, 5) is 24.9. The third kappa shape index (κ3) is 3.41. The lowest BCUT2D eigenvalue weighted by Crippen LogP contribution is -2.10. The zero-order valence-corrected chi connectivity index (χ0v) is 12.9. The van der Waals surface area contributed by atoms with Gasteiger partial charge in [-0.3, -0.25) is 4.79 Å². The largest absolute Gasteiger partial charge is 0.422 e. The highest BCUT2D eigenvalue weighted by Gasteiger charge is 2.10. The predicted molar refractivity (Wildman–Crippen MR) is 88.0 cm³/mol. The number of benzene rings is 1. The van der Waals surface area contributed by atoms with Crippen molar-refractivity contribution >= 4 is 40.2 Å². The standard InChI is InChI=1S/C16H11NO3S2/c18-15(13-3-1-9-21-13)17-11-5-7-12(8-6-11)20-16(19)14-4-2-10-22-14/h1-10H,(H,17,18). The Balaban J connectivity index is 1.63. The molecule has 0 spiro atoms. The van der Waals surface area contributed by atoms with Crippen LogP contribution in [0, 0.1) is 0 Å². The molecule has 22 heavy (non-hydrogen) atoms. The normalized spacial score (nSPS) is 10.2. The summed E-state index contributed by atoms with van der Waals surface area (Å²) in [5.41, 5.74) is 0.648. The van der Waals surface area contributed by atoms with Crippen LogP contribution in [0.4, 0.5) is 5.69 Å². The first-order valence-corrected chi connectivity index (χ1v) is 8.19. The van der Waals surface area contributed by atoms with Crippen molar-refractivity contribution in [1.82, 2.24) is 0 Å². The molecule has 6 heteroatoms. The predicted octanol–water partition coefficient (Wildman–Crippen LogP) is 4.28. The van der Waals surface area contributed by atoms with Gasteiger partial charge in [-0.1, -0.05) is 12.1 Å². The molecule has 0 aliphatic rings. The van der Waals surface area contributed by atoms with Crippen LogP contribution in [0.2, 0.25) is 0 Å². The molecular formula is C16H11NO3S2. The molecule has 0 aliphatic heterocycles. The lowest BCUT2D eigenvalue weighted by molar-refractivity contribution is 0.0739. The van der Waals surface area contributed by atoms with Gasteiger partial charge in [-0.15, -0.1) is 22.7 Å². The van der Waals surface area contributed by atoms with Gasteiger partial charge in [0.25, 0.3) is 5.91 Å². The van der Waals surface area contributed by atoms with E-state index in [1.54, 1.807) is 42.5 Å². The van der Waals surface area contributed by atoms with Gasteiger partial charge in [0.2, 0.25) is 0 Å². The van der Waals surface area contributed by atoms with Crippen LogP contribution in [0.3, 0.4) is 0 Å². The summed E-state index contributed by atoms with van der Waals surface area (Å²) < 4.78 is 5.25. The van der Waals surface area contributed by atoms with E-state index >= 15 is 0 Å². The second-order valence-corrected chi connectivity index (χ2v) is 6.22. The Labute approximate surface area is 135 Å². The fourth-order valence-electron chi connectivity index (χ4n) is 1.76. The van der Waals surface area contributed by atoms with Gasteiger partial charge in [0.1, 0.15) is 10.6 Å². The number of hydrogen-bond acceptors (Lipinski definition) is 5. The maximum absolute atomic E-state index is 11.9. The van der Waals surface area contributed by atoms with Crippen molar-refractivity contribution in [3.63, 3.8) is 0 Å². The molecule has 4 nitrogen and oxygen atoms in total. The number of rotatable bonds is 4. The van der Waals surface area contributed by atoms with Gasteiger partial charge in [0.15, 0.2) is 0 Å². The van der Waals surface area contributed by atoms with Gasteiger partial charge in [0.05, 0.1) is 4.88 Å². The second kappa shape index (κ2) is 6.55. The summed E-state index contributed by atoms with van der Waals surface area (Å²) in [7, 11) is 0. The third-order valence-corrected chi connectivity index (χ3v) is 4.51. The number of nitrogens with one attached hydrogen (secondary N) is 1. The van der Waals surface area contributed by atoms with Gasteiger partial charge in [0, 0.05) is 5.69 Å². The Morgan fingerprint density at radius 3 is 2.09 bits per heavy atom. The van der Waals surface area contributed by atoms with Crippen molar-refractivity contribution in [3.8, 4) is 5.75 Å². The molecule has 2 aromatic heterocycles. The summed E-state index contributed by atoms with van der Waals surface area (Å²) in [5.74, 6) is -0.101. The Hall–Kier alpha value is -2.44. The van der Waals surface area contributed by atoms with Gasteiger partial charge >= 0.3 is 5.97 Å². The van der Waals surface area contributed by atoms with Crippen molar-refractivity contribution in [2.45, 2.75) is 0 Å². The van der Waals surface area contributed by atoms with Crippen LogP contribution in [0.15, 0.2) is 59.3 Å². The first kappa shape index (κ1) is 14.5. The molecule has 1 N–H and O–H groups in total. The monoisotopic (exact) mass is 329 g/mol. The molecule has 1 amide bonds. The summed E-state index contributed by atoms with van der Waals surface area (Å²) >= 11 is 2.71. The Morgan fingerprint density at radius 2 is 1.50 bits per heavy atom. The molecular weight excluding hydrogens is 318 g/mol. The number of thiophene rings is 2. The van der Waals surface area contributed by atoms with Crippen LogP contribution in [0.5, 0.6) is 5.75 Å². The van der Waals surface area contributed by atoms with Crippen LogP contribution < -0.4 is 10.1 Å². The summed E-state index contributed by atoms with van der Waals surface area (Å²) in [5, 5.41) is 6.45. The van der Waals surface area contributed by atoms with Crippen LogP contribution in [-0.2, 0) is 0 Å². The molecule has 1 aromatic carbocycles. The highest BCUT2D eigenvalue weighted by molar-refractivity contribution is 7.12. The molecule has 0 radical (unpaired) electrons. The fraction of sp³-hybridized carbons (Fsp3) is 0. The van der Waals surface area contributed by atoms with E-state index in [1.807, 2.05) is 16.8 Å². The molecule has 0 atom stereocenters. The van der Waals surface area contributed by atoms with Crippen LogP contribution in [0.1, 0.15) is 19.3 Å². The van der Waals surface area contributed by atoms with Crippen LogP contribution >= 0.6 is 22.7 Å². The van der Waals surface area contributed by atoms with Gasteiger partial charge in [-0.05, 0) is 47.2 Å². The average Bonchev–Trinajstić information content (AvgIpc) is 3.23. The minimum atomic E-state index is -0.384. The highest BCUT2D eigenvalue weighted by Crippen LogP contribution is 2.19. The summed E-state index contributed by atoms with van der Waals surface area (Å²) in [6, 6.07) is 13.8. The van der Waals surface area contributed by atoms with E-state index in [0.717, 1.165) is 0 Å². The smallest absolute Gasteiger partial charge is 0.353 e. The van der Waals surface area contributed by atoms with Crippen LogP contribution in [-0.4, -0.2) is 11.9 Å². The number of anilines is 1. The van der Waals surface area contributed by atoms with Gasteiger partial charge in [-0.25, -0.2) is 4.79 Å². The highest BCUT2D eigenvalue weighted by atomic mass is 32.1. The number of ether oxygens (including phenoxy) is 1. The van der Waals surface area contributed by atoms with Crippen molar-refractivity contribution < 1.29 is 14.3 Å². The Kier molecular flexibility index (Phi) is 4.32. The van der Waals surface area contributed by atoms with Crippen molar-refractivity contribution in [3.05, 3.63) is 69.0 Å². The van der Waals surface area contributed by atoms with E-state index in [2.05, 4.69) is 5.32 Å². The first-order chi connectivity index (χ1) is 10.7. The number of amides is 1. The fourth-order valence-corrected chi connectivity index (χ4v) is 2.98. The molecule has 3 rings (SSSR count). The molecule has 0 aliphatic carbocycles. The third-order valence-electron chi connectivity index (χ3n) is 2.79. The zero-order valence-electron chi connectivity index (χ0n) is 11.3. The minimum Gasteiger partial charge on any atom is -0.422 e. The molecule has 0 unspecified atom stereocenters. The number of carbonyl (C=O) groups excluding carboxylic acids is 2. The Bertz CT molecular complexity index is 695. The first-order valence-electron chi connectivity index (χ1n) is 6.43.